The topological polar surface area (TPSA) is 94.5 Å². The second kappa shape index (κ2) is 9.57. The number of nitrogens with one attached hydrogen (secondary N) is 2. The minimum Gasteiger partial charge on any atom is -0.388 e. The van der Waals surface area contributed by atoms with Gasteiger partial charge in [-0.15, -0.1) is 0 Å². The molecule has 2 rings (SSSR count). The van der Waals surface area contributed by atoms with Crippen LogP contribution in [0.25, 0.3) is 0 Å². The van der Waals surface area contributed by atoms with Crippen LogP contribution in [0.5, 0.6) is 0 Å². The van der Waals surface area contributed by atoms with Crippen molar-refractivity contribution in [2.75, 3.05) is 44.7 Å². The van der Waals surface area contributed by atoms with Gasteiger partial charge < -0.3 is 15.4 Å². The van der Waals surface area contributed by atoms with Crippen molar-refractivity contribution in [2.24, 2.45) is 0 Å². The Bertz CT molecular complexity index is 671. The monoisotopic (exact) mass is 342 g/mol. The molecule has 2 N–H and O–H groups in total. The van der Waals surface area contributed by atoms with Gasteiger partial charge in [-0.1, -0.05) is 0 Å². The Hall–Kier alpha value is -2.69. The molecule has 1 amide bonds. The first-order chi connectivity index (χ1) is 12.1. The van der Waals surface area contributed by atoms with Crippen molar-refractivity contribution >= 4 is 17.4 Å². The van der Waals surface area contributed by atoms with Crippen molar-refractivity contribution in [3.05, 3.63) is 41.6 Å². The van der Waals surface area contributed by atoms with Crippen molar-refractivity contribution < 1.29 is 14.3 Å². The van der Waals surface area contributed by atoms with Gasteiger partial charge in [0.05, 0.1) is 13.2 Å². The zero-order valence-corrected chi connectivity index (χ0v) is 14.2. The molecule has 0 aliphatic carbocycles. The maximum atomic E-state index is 12.1. The summed E-state index contributed by atoms with van der Waals surface area (Å²) in [6.45, 7) is 6.22. The van der Waals surface area contributed by atoms with Crippen LogP contribution >= 0.6 is 0 Å². The second-order valence-electron chi connectivity index (χ2n) is 5.67. The number of anilines is 1. The number of hydrogen-bond acceptors (Lipinski definition) is 6. The lowest BCUT2D eigenvalue weighted by Crippen LogP contribution is -2.39. The summed E-state index contributed by atoms with van der Waals surface area (Å²) >= 11 is 0. The number of carbonyl (C=O) groups is 2. The molecule has 1 aromatic rings. The van der Waals surface area contributed by atoms with E-state index in [9.17, 15) is 9.59 Å². The van der Waals surface area contributed by atoms with E-state index in [1.54, 1.807) is 24.3 Å². The number of rotatable bonds is 7. The Morgan fingerprint density at radius 1 is 1.28 bits per heavy atom. The lowest BCUT2D eigenvalue weighted by atomic mass is 10.1. The maximum Gasteiger partial charge on any atom is 0.267 e. The van der Waals surface area contributed by atoms with Crippen LogP contribution in [0.2, 0.25) is 0 Å². The zero-order chi connectivity index (χ0) is 18.1. The SMILES string of the molecule is CC(=O)c1ccc(NC(=O)/C(C#N)=C\NCCN2CCOCC2)cc1. The predicted molar refractivity (Wildman–Crippen MR) is 94.0 cm³/mol. The first kappa shape index (κ1) is 18.6. The fourth-order valence-electron chi connectivity index (χ4n) is 2.36. The molecule has 25 heavy (non-hydrogen) atoms. The Labute approximate surface area is 147 Å². The molecule has 7 heteroatoms. The number of morpholine rings is 1. The van der Waals surface area contributed by atoms with Crippen LogP contribution in [-0.4, -0.2) is 56.0 Å². The van der Waals surface area contributed by atoms with Crippen LogP contribution < -0.4 is 10.6 Å². The minimum absolute atomic E-state index is 0.00220. The Balaban J connectivity index is 1.82. The van der Waals surface area contributed by atoms with Gasteiger partial charge in [0.1, 0.15) is 11.6 Å². The molecule has 1 heterocycles. The van der Waals surface area contributed by atoms with Crippen LogP contribution in [0.15, 0.2) is 36.0 Å². The highest BCUT2D eigenvalue weighted by molar-refractivity contribution is 6.06. The van der Waals surface area contributed by atoms with Gasteiger partial charge in [0, 0.05) is 43.6 Å². The van der Waals surface area contributed by atoms with Crippen molar-refractivity contribution in [2.45, 2.75) is 6.92 Å². The van der Waals surface area contributed by atoms with Gasteiger partial charge in [0.2, 0.25) is 0 Å². The highest BCUT2D eigenvalue weighted by atomic mass is 16.5. The predicted octanol–water partition coefficient (Wildman–Crippen LogP) is 1.16. The Morgan fingerprint density at radius 3 is 2.56 bits per heavy atom. The number of carbonyl (C=O) groups excluding carboxylic acids is 2. The van der Waals surface area contributed by atoms with Crippen LogP contribution in [0.3, 0.4) is 0 Å². The number of ketones is 1. The van der Waals surface area contributed by atoms with E-state index >= 15 is 0 Å². The number of Topliss-reactive ketones (excluding diaryl/α,β-unsaturated/α-hetero) is 1. The summed E-state index contributed by atoms with van der Waals surface area (Å²) in [6.07, 6.45) is 1.43. The number of amides is 1. The fourth-order valence-corrected chi connectivity index (χ4v) is 2.36. The molecule has 1 fully saturated rings. The van der Waals surface area contributed by atoms with E-state index in [0.29, 0.717) is 17.8 Å². The van der Waals surface area contributed by atoms with Gasteiger partial charge in [-0.05, 0) is 31.2 Å². The minimum atomic E-state index is -0.489. The van der Waals surface area contributed by atoms with E-state index in [2.05, 4.69) is 15.5 Å². The molecular weight excluding hydrogens is 320 g/mol. The molecule has 7 nitrogen and oxygen atoms in total. The number of nitrogens with zero attached hydrogens (tertiary/aromatic N) is 2. The first-order valence-electron chi connectivity index (χ1n) is 8.16. The highest BCUT2D eigenvalue weighted by Crippen LogP contribution is 2.11. The largest absolute Gasteiger partial charge is 0.388 e. The van der Waals surface area contributed by atoms with E-state index in [1.165, 1.54) is 13.1 Å². The molecule has 0 unspecified atom stereocenters. The third-order valence-corrected chi connectivity index (χ3v) is 3.84. The molecule has 0 radical (unpaired) electrons. The average Bonchev–Trinajstić information content (AvgIpc) is 2.63. The summed E-state index contributed by atoms with van der Waals surface area (Å²) < 4.78 is 5.28. The van der Waals surface area contributed by atoms with Crippen molar-refractivity contribution in [3.63, 3.8) is 0 Å². The molecule has 132 valence electrons. The van der Waals surface area contributed by atoms with Crippen molar-refractivity contribution in [1.29, 1.82) is 5.26 Å². The standard InChI is InChI=1S/C18H22N4O3/c1-14(23)15-2-4-17(5-3-15)21-18(24)16(12-19)13-20-6-7-22-8-10-25-11-9-22/h2-5,13,20H,6-11H2,1H3,(H,21,24)/b16-13-. The quantitative estimate of drug-likeness (QED) is 0.334. The molecule has 1 saturated heterocycles. The number of hydrogen-bond donors (Lipinski definition) is 2. The third-order valence-electron chi connectivity index (χ3n) is 3.84. The summed E-state index contributed by atoms with van der Waals surface area (Å²) in [5.41, 5.74) is 1.10. The number of ether oxygens (including phenoxy) is 1. The summed E-state index contributed by atoms with van der Waals surface area (Å²) in [7, 11) is 0. The highest BCUT2D eigenvalue weighted by Gasteiger charge is 2.11. The lowest BCUT2D eigenvalue weighted by molar-refractivity contribution is -0.112. The Morgan fingerprint density at radius 2 is 1.96 bits per heavy atom. The van der Waals surface area contributed by atoms with Crippen LogP contribution in [0.4, 0.5) is 5.69 Å². The third kappa shape index (κ3) is 6.03. The van der Waals surface area contributed by atoms with Crippen molar-refractivity contribution in [3.8, 4) is 6.07 Å². The van der Waals surface area contributed by atoms with Gasteiger partial charge in [-0.25, -0.2) is 0 Å². The molecule has 0 saturated carbocycles. The zero-order valence-electron chi connectivity index (χ0n) is 14.2. The number of benzene rings is 1. The second-order valence-corrected chi connectivity index (χ2v) is 5.67. The normalized spacial score (nSPS) is 15.3. The fraction of sp³-hybridized carbons (Fsp3) is 0.389. The van der Waals surface area contributed by atoms with Crippen LogP contribution in [-0.2, 0) is 9.53 Å². The molecule has 1 aliphatic heterocycles. The molecular formula is C18H22N4O3. The van der Waals surface area contributed by atoms with Crippen LogP contribution in [0.1, 0.15) is 17.3 Å². The van der Waals surface area contributed by atoms with E-state index in [1.807, 2.05) is 6.07 Å². The first-order valence-corrected chi connectivity index (χ1v) is 8.16. The van der Waals surface area contributed by atoms with Gasteiger partial charge in [-0.3, -0.25) is 14.5 Å². The maximum absolute atomic E-state index is 12.1. The molecule has 0 atom stereocenters. The molecule has 0 aromatic heterocycles. The van der Waals surface area contributed by atoms with E-state index in [4.69, 9.17) is 10.00 Å². The number of nitriles is 1. The molecule has 0 spiro atoms. The van der Waals surface area contributed by atoms with E-state index in [0.717, 1.165) is 32.8 Å². The van der Waals surface area contributed by atoms with Gasteiger partial charge in [0.25, 0.3) is 5.91 Å². The van der Waals surface area contributed by atoms with E-state index < -0.39 is 5.91 Å². The molecule has 0 bridgehead atoms. The van der Waals surface area contributed by atoms with Crippen molar-refractivity contribution in [1.82, 2.24) is 10.2 Å². The van der Waals surface area contributed by atoms with Crippen LogP contribution in [0, 0.1) is 11.3 Å². The Kier molecular flexibility index (Phi) is 7.14. The summed E-state index contributed by atoms with van der Waals surface area (Å²) in [6, 6.07) is 8.42. The smallest absolute Gasteiger partial charge is 0.267 e. The van der Waals surface area contributed by atoms with E-state index in [-0.39, 0.29) is 11.4 Å². The molecule has 1 aliphatic rings. The average molecular weight is 342 g/mol. The van der Waals surface area contributed by atoms with Gasteiger partial charge in [-0.2, -0.15) is 5.26 Å². The van der Waals surface area contributed by atoms with Gasteiger partial charge >= 0.3 is 0 Å². The summed E-state index contributed by atoms with van der Waals surface area (Å²) in [5, 5.41) is 14.8. The van der Waals surface area contributed by atoms with Gasteiger partial charge in [0.15, 0.2) is 5.78 Å². The summed E-state index contributed by atoms with van der Waals surface area (Å²) in [5.74, 6) is -0.531. The molecule has 1 aromatic carbocycles. The summed E-state index contributed by atoms with van der Waals surface area (Å²) in [4.78, 5) is 25.6. The lowest BCUT2D eigenvalue weighted by Gasteiger charge is -2.26.